The van der Waals surface area contributed by atoms with E-state index in [1.165, 1.54) is 0 Å². The van der Waals surface area contributed by atoms with Crippen molar-refractivity contribution in [2.45, 2.75) is 45.3 Å². The zero-order chi connectivity index (χ0) is 20.6. The molecule has 1 atom stereocenters. The third kappa shape index (κ3) is 4.82. The fourth-order valence-corrected chi connectivity index (χ4v) is 2.76. The SMILES string of the molecule is Cc1c(C(F)(F)F)cnc(N2CCOC(C(F)(F)F)C2)c1C(=O)NC(C)C. The maximum Gasteiger partial charge on any atom is 0.418 e. The van der Waals surface area contributed by atoms with Crippen LogP contribution in [-0.4, -0.2) is 48.9 Å². The Bertz CT molecular complexity index is 703. The van der Waals surface area contributed by atoms with E-state index in [0.29, 0.717) is 6.20 Å². The summed E-state index contributed by atoms with van der Waals surface area (Å²) >= 11 is 0. The first kappa shape index (κ1) is 21.3. The van der Waals surface area contributed by atoms with E-state index in [9.17, 15) is 31.1 Å². The second kappa shape index (κ2) is 7.53. The Kier molecular flexibility index (Phi) is 5.93. The fourth-order valence-electron chi connectivity index (χ4n) is 2.76. The summed E-state index contributed by atoms with van der Waals surface area (Å²) in [6.45, 7) is 3.34. The van der Waals surface area contributed by atoms with Crippen LogP contribution in [0.4, 0.5) is 32.2 Å². The summed E-state index contributed by atoms with van der Waals surface area (Å²) in [6, 6.07) is -0.382. The zero-order valence-corrected chi connectivity index (χ0v) is 14.8. The van der Waals surface area contributed by atoms with Crippen molar-refractivity contribution in [1.82, 2.24) is 10.3 Å². The molecule has 1 aromatic heterocycles. The van der Waals surface area contributed by atoms with Crippen LogP contribution in [0.25, 0.3) is 0 Å². The van der Waals surface area contributed by atoms with Crippen molar-refractivity contribution in [2.75, 3.05) is 24.6 Å². The predicted octanol–water partition coefficient (Wildman–Crippen LogP) is 3.31. The van der Waals surface area contributed by atoms with Crippen LogP contribution in [0.5, 0.6) is 0 Å². The molecule has 27 heavy (non-hydrogen) atoms. The summed E-state index contributed by atoms with van der Waals surface area (Å²) in [7, 11) is 0. The van der Waals surface area contributed by atoms with Gasteiger partial charge in [0.25, 0.3) is 5.91 Å². The second-order valence-electron chi connectivity index (χ2n) is 6.47. The molecule has 1 N–H and O–H groups in total. The van der Waals surface area contributed by atoms with Crippen LogP contribution in [0, 0.1) is 6.92 Å². The molecule has 0 bridgehead atoms. The topological polar surface area (TPSA) is 54.5 Å². The summed E-state index contributed by atoms with van der Waals surface area (Å²) in [4.78, 5) is 17.3. The number of ether oxygens (including phenoxy) is 1. The van der Waals surface area contributed by atoms with E-state index in [-0.39, 0.29) is 36.1 Å². The minimum Gasteiger partial charge on any atom is -0.365 e. The molecular weight excluding hydrogens is 380 g/mol. The first-order valence-corrected chi connectivity index (χ1v) is 8.13. The van der Waals surface area contributed by atoms with Crippen molar-refractivity contribution >= 4 is 11.7 Å². The van der Waals surface area contributed by atoms with Gasteiger partial charge >= 0.3 is 12.4 Å². The lowest BCUT2D eigenvalue weighted by molar-refractivity contribution is -0.221. The molecule has 152 valence electrons. The zero-order valence-electron chi connectivity index (χ0n) is 14.8. The highest BCUT2D eigenvalue weighted by atomic mass is 19.4. The van der Waals surface area contributed by atoms with Gasteiger partial charge in [-0.15, -0.1) is 0 Å². The lowest BCUT2D eigenvalue weighted by Gasteiger charge is -2.35. The van der Waals surface area contributed by atoms with Gasteiger partial charge in [-0.3, -0.25) is 4.79 Å². The molecule has 11 heteroatoms. The number of halogens is 6. The van der Waals surface area contributed by atoms with Crippen molar-refractivity contribution in [3.05, 3.63) is 22.9 Å². The summed E-state index contributed by atoms with van der Waals surface area (Å²) < 4.78 is 83.2. The van der Waals surface area contributed by atoms with Gasteiger partial charge < -0.3 is 15.0 Å². The van der Waals surface area contributed by atoms with Crippen molar-refractivity contribution in [3.8, 4) is 0 Å². The van der Waals surface area contributed by atoms with Crippen LogP contribution in [0.3, 0.4) is 0 Å². The molecule has 0 aromatic carbocycles. The Labute approximate surface area is 151 Å². The van der Waals surface area contributed by atoms with Gasteiger partial charge in [0.05, 0.1) is 24.3 Å². The van der Waals surface area contributed by atoms with Gasteiger partial charge in [-0.25, -0.2) is 4.98 Å². The molecule has 0 saturated carbocycles. The molecule has 0 aliphatic carbocycles. The van der Waals surface area contributed by atoms with Crippen molar-refractivity contribution < 1.29 is 35.9 Å². The number of carbonyl (C=O) groups excluding carboxylic acids is 1. The molecule has 1 unspecified atom stereocenters. The molecule has 0 spiro atoms. The Morgan fingerprint density at radius 2 is 1.93 bits per heavy atom. The van der Waals surface area contributed by atoms with Crippen LogP contribution in [-0.2, 0) is 10.9 Å². The average Bonchev–Trinajstić information content (AvgIpc) is 2.51. The summed E-state index contributed by atoms with van der Waals surface area (Å²) in [5.74, 6) is -1.05. The minimum absolute atomic E-state index is 0.0354. The van der Waals surface area contributed by atoms with Gasteiger partial charge in [-0.2, -0.15) is 26.3 Å². The van der Waals surface area contributed by atoms with Gasteiger partial charge in [0, 0.05) is 18.8 Å². The number of pyridine rings is 1. The third-order valence-electron chi connectivity index (χ3n) is 4.00. The Morgan fingerprint density at radius 3 is 2.44 bits per heavy atom. The van der Waals surface area contributed by atoms with Gasteiger partial charge in [-0.1, -0.05) is 0 Å². The van der Waals surface area contributed by atoms with Crippen molar-refractivity contribution in [3.63, 3.8) is 0 Å². The highest BCUT2D eigenvalue weighted by Crippen LogP contribution is 2.36. The fraction of sp³-hybridized carbons (Fsp3) is 0.625. The largest absolute Gasteiger partial charge is 0.418 e. The number of morpholine rings is 1. The van der Waals surface area contributed by atoms with E-state index in [0.717, 1.165) is 11.8 Å². The Hall–Kier alpha value is -2.04. The van der Waals surface area contributed by atoms with Crippen LogP contribution < -0.4 is 10.2 Å². The molecular formula is C16H19F6N3O2. The number of hydrogen-bond donors (Lipinski definition) is 1. The first-order chi connectivity index (χ1) is 12.3. The normalized spacial score (nSPS) is 18.7. The highest BCUT2D eigenvalue weighted by molar-refractivity contribution is 6.00. The number of rotatable bonds is 3. The number of hydrogen-bond acceptors (Lipinski definition) is 4. The maximum atomic E-state index is 13.2. The average molecular weight is 399 g/mol. The molecule has 5 nitrogen and oxygen atoms in total. The maximum absolute atomic E-state index is 13.2. The van der Waals surface area contributed by atoms with Gasteiger partial charge in [-0.05, 0) is 26.3 Å². The third-order valence-corrected chi connectivity index (χ3v) is 4.00. The number of aromatic nitrogens is 1. The smallest absolute Gasteiger partial charge is 0.365 e. The number of nitrogens with zero attached hydrogens (tertiary/aromatic N) is 2. The molecule has 2 rings (SSSR count). The monoisotopic (exact) mass is 399 g/mol. The van der Waals surface area contributed by atoms with E-state index in [1.54, 1.807) is 13.8 Å². The molecule has 2 heterocycles. The summed E-state index contributed by atoms with van der Waals surface area (Å²) in [5.41, 5.74) is -1.89. The molecule has 1 aliphatic heterocycles. The number of carbonyl (C=O) groups is 1. The lowest BCUT2D eigenvalue weighted by Crippen LogP contribution is -2.50. The van der Waals surface area contributed by atoms with E-state index in [2.05, 4.69) is 10.3 Å². The number of anilines is 1. The highest BCUT2D eigenvalue weighted by Gasteiger charge is 2.44. The van der Waals surface area contributed by atoms with E-state index >= 15 is 0 Å². The standard InChI is InChI=1S/C16H19F6N3O2/c1-8(2)24-14(26)12-9(3)10(15(17,18)19)6-23-13(12)25-4-5-27-11(7-25)16(20,21)22/h6,8,11H,4-5,7H2,1-3H3,(H,24,26). The van der Waals surface area contributed by atoms with Crippen LogP contribution >= 0.6 is 0 Å². The van der Waals surface area contributed by atoms with E-state index in [1.807, 2.05) is 0 Å². The second-order valence-corrected chi connectivity index (χ2v) is 6.47. The van der Waals surface area contributed by atoms with Crippen molar-refractivity contribution in [2.24, 2.45) is 0 Å². The van der Waals surface area contributed by atoms with Crippen LogP contribution in [0.2, 0.25) is 0 Å². The molecule has 1 saturated heterocycles. The van der Waals surface area contributed by atoms with E-state index < -0.39 is 36.5 Å². The van der Waals surface area contributed by atoms with E-state index in [4.69, 9.17) is 4.74 Å². The Morgan fingerprint density at radius 1 is 1.30 bits per heavy atom. The lowest BCUT2D eigenvalue weighted by atomic mass is 10.0. The molecule has 1 aliphatic rings. The van der Waals surface area contributed by atoms with Crippen molar-refractivity contribution in [1.29, 1.82) is 0 Å². The Balaban J connectivity index is 2.52. The minimum atomic E-state index is -4.75. The van der Waals surface area contributed by atoms with Crippen LogP contribution in [0.15, 0.2) is 6.20 Å². The number of nitrogens with one attached hydrogen (secondary N) is 1. The van der Waals surface area contributed by atoms with Gasteiger partial charge in [0.1, 0.15) is 5.82 Å². The first-order valence-electron chi connectivity index (χ1n) is 8.13. The molecule has 1 fully saturated rings. The predicted molar refractivity (Wildman–Crippen MR) is 84.6 cm³/mol. The van der Waals surface area contributed by atoms with Crippen LogP contribution in [0.1, 0.15) is 35.3 Å². The summed E-state index contributed by atoms with van der Waals surface area (Å²) in [6.07, 6.45) is -11.0. The number of alkyl halides is 6. The quantitative estimate of drug-likeness (QED) is 0.793. The molecule has 1 amide bonds. The molecule has 0 radical (unpaired) electrons. The van der Waals surface area contributed by atoms with Gasteiger partial charge in [0.15, 0.2) is 6.10 Å². The van der Waals surface area contributed by atoms with Gasteiger partial charge in [0.2, 0.25) is 0 Å². The summed E-state index contributed by atoms with van der Waals surface area (Å²) in [5, 5.41) is 2.47. The molecule has 1 aromatic rings. The number of amides is 1.